The van der Waals surface area contributed by atoms with E-state index in [-0.39, 0.29) is 19.3 Å². The zero-order valence-electron chi connectivity index (χ0n) is 10.2. The van der Waals surface area contributed by atoms with Crippen LogP contribution in [-0.2, 0) is 14.4 Å². The molecule has 1 rings (SSSR count). The Morgan fingerprint density at radius 1 is 1.26 bits per heavy atom. The Labute approximate surface area is 110 Å². The molecule has 0 spiro atoms. The largest absolute Gasteiger partial charge is 0.481 e. The van der Waals surface area contributed by atoms with Gasteiger partial charge in [-0.1, -0.05) is 18.2 Å². The smallest absolute Gasteiger partial charge is 0.326 e. The molecule has 0 aromatic heterocycles. The van der Waals surface area contributed by atoms with Gasteiger partial charge in [-0.05, 0) is 18.6 Å². The molecule has 0 saturated heterocycles. The van der Waals surface area contributed by atoms with Gasteiger partial charge in [0.15, 0.2) is 0 Å². The third-order valence-corrected chi connectivity index (χ3v) is 2.01. The highest BCUT2D eigenvalue weighted by atomic mass is 16.4. The Hall–Kier alpha value is -2.57. The van der Waals surface area contributed by atoms with E-state index in [0.717, 1.165) is 5.69 Å². The average Bonchev–Trinajstić information content (AvgIpc) is 2.35. The van der Waals surface area contributed by atoms with Crippen LogP contribution in [0.3, 0.4) is 0 Å². The number of hydrogen-bond donors (Lipinski definition) is 4. The third kappa shape index (κ3) is 9.16. The minimum absolute atomic E-state index is 0.108. The van der Waals surface area contributed by atoms with E-state index in [1.807, 2.05) is 35.6 Å². The Bertz CT molecular complexity index is 408. The zero-order valence-corrected chi connectivity index (χ0v) is 10.2. The molecule has 7 heteroatoms. The molecule has 0 radical (unpaired) electrons. The van der Waals surface area contributed by atoms with Crippen molar-refractivity contribution in [3.8, 4) is 0 Å². The Kier molecular flexibility index (Phi) is 8.18. The van der Waals surface area contributed by atoms with Gasteiger partial charge in [0.2, 0.25) is 6.41 Å². The van der Waals surface area contributed by atoms with Crippen molar-refractivity contribution in [3.63, 3.8) is 0 Å². The number of aliphatic carboxylic acids is 2. The number of para-hydroxylation sites is 1. The van der Waals surface area contributed by atoms with Crippen molar-refractivity contribution in [2.45, 2.75) is 18.9 Å². The molecule has 1 amide bonds. The van der Waals surface area contributed by atoms with Crippen LogP contribution in [-0.4, -0.2) is 34.6 Å². The fourth-order valence-corrected chi connectivity index (χ4v) is 1.08. The summed E-state index contributed by atoms with van der Waals surface area (Å²) in [7, 11) is 0. The molecule has 0 aliphatic rings. The number of carbonyl (C=O) groups is 3. The number of carbonyl (C=O) groups excluding carboxylic acids is 1. The lowest BCUT2D eigenvalue weighted by molar-refractivity contribution is -0.141. The van der Waals surface area contributed by atoms with Gasteiger partial charge in [0.25, 0.3) is 0 Å². The first-order chi connectivity index (χ1) is 8.97. The van der Waals surface area contributed by atoms with Gasteiger partial charge in [0, 0.05) is 12.1 Å². The van der Waals surface area contributed by atoms with E-state index in [4.69, 9.17) is 15.9 Å². The topological polar surface area (TPSA) is 130 Å². The quantitative estimate of drug-likeness (QED) is 0.434. The van der Waals surface area contributed by atoms with Gasteiger partial charge in [-0.3, -0.25) is 9.59 Å². The molecule has 5 N–H and O–H groups in total. The lowest BCUT2D eigenvalue weighted by Crippen LogP contribution is -2.36. The normalized spacial score (nSPS) is 10.5. The second-order valence-electron chi connectivity index (χ2n) is 3.52. The van der Waals surface area contributed by atoms with Crippen molar-refractivity contribution in [1.29, 1.82) is 0 Å². The maximum absolute atomic E-state index is 10.3. The minimum Gasteiger partial charge on any atom is -0.481 e. The molecule has 0 heterocycles. The van der Waals surface area contributed by atoms with Crippen LogP contribution in [0, 0.1) is 0 Å². The summed E-state index contributed by atoms with van der Waals surface area (Å²) in [6, 6.07) is 8.37. The first-order valence-corrected chi connectivity index (χ1v) is 5.42. The Balaban J connectivity index is 0.000000388. The number of carboxylic acids is 2. The number of carboxylic acid groups (broad SMARTS) is 2. The number of rotatable bonds is 6. The van der Waals surface area contributed by atoms with Gasteiger partial charge in [-0.15, -0.1) is 0 Å². The van der Waals surface area contributed by atoms with Crippen LogP contribution < -0.4 is 11.1 Å². The summed E-state index contributed by atoms with van der Waals surface area (Å²) in [5.74, 6) is -2.32. The van der Waals surface area contributed by atoms with E-state index in [2.05, 4.69) is 0 Å². The SMILES string of the molecule is Nc1ccccc1.O=CN[C@@H](CCC(=O)O)C(=O)O. The summed E-state index contributed by atoms with van der Waals surface area (Å²) in [6.45, 7) is 0. The molecule has 0 aliphatic carbocycles. The summed E-state index contributed by atoms with van der Waals surface area (Å²) in [5.41, 5.74) is 6.18. The summed E-state index contributed by atoms with van der Waals surface area (Å²) in [5, 5.41) is 18.6. The second kappa shape index (κ2) is 9.46. The van der Waals surface area contributed by atoms with Crippen molar-refractivity contribution in [2.75, 3.05) is 5.73 Å². The monoisotopic (exact) mass is 268 g/mol. The molecule has 0 bridgehead atoms. The minimum atomic E-state index is -1.23. The van der Waals surface area contributed by atoms with E-state index in [0.29, 0.717) is 0 Å². The molecule has 7 nitrogen and oxygen atoms in total. The molecule has 1 aromatic carbocycles. The highest BCUT2D eigenvalue weighted by Gasteiger charge is 2.16. The molecule has 0 saturated carbocycles. The van der Waals surface area contributed by atoms with Gasteiger partial charge < -0.3 is 21.3 Å². The van der Waals surface area contributed by atoms with Gasteiger partial charge in [0.1, 0.15) is 6.04 Å². The molecule has 1 aromatic rings. The Morgan fingerprint density at radius 2 is 1.84 bits per heavy atom. The number of benzene rings is 1. The standard InChI is InChI=1S/C6H9NO5.C6H7N/c8-3-7-4(6(11)12)1-2-5(9)10;7-6-4-2-1-3-5-6/h3-4H,1-2H2,(H,7,8)(H,9,10)(H,11,12);1-5H,7H2/t4-;/m0./s1. The predicted octanol–water partition coefficient (Wildman–Crippen LogP) is 0.319. The van der Waals surface area contributed by atoms with Crippen LogP contribution in [0.15, 0.2) is 30.3 Å². The third-order valence-electron chi connectivity index (χ3n) is 2.01. The first kappa shape index (κ1) is 16.4. The van der Waals surface area contributed by atoms with E-state index < -0.39 is 18.0 Å². The molecular weight excluding hydrogens is 252 g/mol. The van der Waals surface area contributed by atoms with Crippen LogP contribution in [0.25, 0.3) is 0 Å². The van der Waals surface area contributed by atoms with Gasteiger partial charge >= 0.3 is 11.9 Å². The van der Waals surface area contributed by atoms with Crippen LogP contribution in [0.2, 0.25) is 0 Å². The summed E-state index contributed by atoms with van der Waals surface area (Å²) < 4.78 is 0. The molecule has 0 aliphatic heterocycles. The number of nitrogens with one attached hydrogen (secondary N) is 1. The summed E-state index contributed by atoms with van der Waals surface area (Å²) in [6.07, 6.45) is -0.151. The van der Waals surface area contributed by atoms with Crippen molar-refractivity contribution in [1.82, 2.24) is 5.32 Å². The van der Waals surface area contributed by atoms with Crippen LogP contribution in [0.4, 0.5) is 5.69 Å². The first-order valence-electron chi connectivity index (χ1n) is 5.42. The fraction of sp³-hybridized carbons (Fsp3) is 0.250. The van der Waals surface area contributed by atoms with Crippen LogP contribution in [0.1, 0.15) is 12.8 Å². The molecule has 19 heavy (non-hydrogen) atoms. The number of nitrogen functional groups attached to an aromatic ring is 1. The van der Waals surface area contributed by atoms with E-state index >= 15 is 0 Å². The number of nitrogens with two attached hydrogens (primary N) is 1. The van der Waals surface area contributed by atoms with Crippen LogP contribution in [0.5, 0.6) is 0 Å². The molecular formula is C12H16N2O5. The molecule has 0 fully saturated rings. The lowest BCUT2D eigenvalue weighted by Gasteiger charge is -2.08. The van der Waals surface area contributed by atoms with Gasteiger partial charge in [-0.25, -0.2) is 4.79 Å². The summed E-state index contributed by atoms with van der Waals surface area (Å²) in [4.78, 5) is 30.2. The second-order valence-corrected chi connectivity index (χ2v) is 3.52. The fourth-order valence-electron chi connectivity index (χ4n) is 1.08. The summed E-state index contributed by atoms with van der Waals surface area (Å²) >= 11 is 0. The highest BCUT2D eigenvalue weighted by molar-refractivity contribution is 5.77. The van der Waals surface area contributed by atoms with Crippen molar-refractivity contribution >= 4 is 24.0 Å². The van der Waals surface area contributed by atoms with E-state index in [1.165, 1.54) is 0 Å². The van der Waals surface area contributed by atoms with Crippen molar-refractivity contribution < 1.29 is 24.6 Å². The molecule has 104 valence electrons. The maximum Gasteiger partial charge on any atom is 0.326 e. The average molecular weight is 268 g/mol. The van der Waals surface area contributed by atoms with Crippen LogP contribution >= 0.6 is 0 Å². The molecule has 0 unspecified atom stereocenters. The number of hydrogen-bond acceptors (Lipinski definition) is 4. The number of amides is 1. The van der Waals surface area contributed by atoms with E-state index in [1.54, 1.807) is 0 Å². The Morgan fingerprint density at radius 3 is 2.16 bits per heavy atom. The lowest BCUT2D eigenvalue weighted by atomic mass is 10.1. The maximum atomic E-state index is 10.3. The zero-order chi connectivity index (χ0) is 14.7. The molecule has 1 atom stereocenters. The predicted molar refractivity (Wildman–Crippen MR) is 68.3 cm³/mol. The van der Waals surface area contributed by atoms with Crippen molar-refractivity contribution in [3.05, 3.63) is 30.3 Å². The van der Waals surface area contributed by atoms with E-state index in [9.17, 15) is 14.4 Å². The van der Waals surface area contributed by atoms with Crippen molar-refractivity contribution in [2.24, 2.45) is 0 Å². The van der Waals surface area contributed by atoms with Gasteiger partial charge in [-0.2, -0.15) is 0 Å². The number of anilines is 1. The highest BCUT2D eigenvalue weighted by Crippen LogP contribution is 1.96. The van der Waals surface area contributed by atoms with Gasteiger partial charge in [0.05, 0.1) is 0 Å².